The Morgan fingerprint density at radius 3 is 1.00 bits per heavy atom. The van der Waals surface area contributed by atoms with Crippen LogP contribution in [0.25, 0.3) is 0 Å². The molecular formula is Br3Ni-. The molecule has 4 heteroatoms. The number of halogens is 3. The molecule has 0 N–H and O–H groups in total. The van der Waals surface area contributed by atoms with Crippen molar-refractivity contribution in [2.75, 3.05) is 0 Å². The van der Waals surface area contributed by atoms with Gasteiger partial charge >= 0.3 is 50.8 Å². The minimum absolute atomic E-state index is 0.0208. The summed E-state index contributed by atoms with van der Waals surface area (Å²) in [5.74, 6) is 0. The van der Waals surface area contributed by atoms with Gasteiger partial charge in [-0.3, -0.25) is 0 Å². The van der Waals surface area contributed by atoms with Crippen LogP contribution < -0.4 is 0 Å². The van der Waals surface area contributed by atoms with E-state index >= 15 is 0 Å². The number of hydrogen-bond donors (Lipinski definition) is 0. The van der Waals surface area contributed by atoms with Gasteiger partial charge in [-0.25, -0.2) is 0 Å². The Kier molecular flexibility index (Phi) is 4.65. The van der Waals surface area contributed by atoms with Gasteiger partial charge in [0.1, 0.15) is 0 Å². The fourth-order valence-electron chi connectivity index (χ4n) is 0. The van der Waals surface area contributed by atoms with Gasteiger partial charge in [-0.1, -0.05) is 0 Å². The van der Waals surface area contributed by atoms with E-state index in [0.717, 1.165) is 0 Å². The molecule has 0 aliphatic rings. The van der Waals surface area contributed by atoms with Gasteiger partial charge in [0.25, 0.3) is 0 Å². The van der Waals surface area contributed by atoms with E-state index in [-0.39, 0.29) is 8.10 Å². The molecule has 4 heavy (non-hydrogen) atoms. The molecule has 0 aliphatic carbocycles. The van der Waals surface area contributed by atoms with Gasteiger partial charge in [-0.15, -0.1) is 0 Å². The van der Waals surface area contributed by atoms with Crippen LogP contribution in [-0.2, 0) is 8.10 Å². The molecule has 0 aromatic heterocycles. The van der Waals surface area contributed by atoms with Crippen molar-refractivity contribution < 1.29 is 8.10 Å². The van der Waals surface area contributed by atoms with E-state index in [2.05, 4.69) is 42.7 Å². The monoisotopic (exact) mass is 295 g/mol. The quantitative estimate of drug-likeness (QED) is 0.603. The van der Waals surface area contributed by atoms with Crippen LogP contribution in [0, 0.1) is 0 Å². The molecule has 0 nitrogen and oxygen atoms in total. The molecule has 0 rings (SSSR count). The van der Waals surface area contributed by atoms with Crippen LogP contribution in [0.5, 0.6) is 0 Å². The Morgan fingerprint density at radius 1 is 1.00 bits per heavy atom. The second-order valence-corrected chi connectivity index (χ2v) is 15.1. The second-order valence-electron chi connectivity index (χ2n) is 0.136. The minimum atomic E-state index is -0.0208. The molecule has 0 heterocycles. The SMILES string of the molecule is [Br][Ni-]([Br])[Br]. The van der Waals surface area contributed by atoms with Crippen molar-refractivity contribution in [3.8, 4) is 0 Å². The second kappa shape index (κ2) is 3.14. The zero-order valence-electron chi connectivity index (χ0n) is 1.45. The predicted octanol–water partition coefficient (Wildman–Crippen LogP) is 2.53. The van der Waals surface area contributed by atoms with E-state index in [1.54, 1.807) is 0 Å². The van der Waals surface area contributed by atoms with E-state index in [0.29, 0.717) is 0 Å². The molecule has 0 amide bonds. The summed E-state index contributed by atoms with van der Waals surface area (Å²) in [5, 5.41) is 0. The Morgan fingerprint density at radius 2 is 1.00 bits per heavy atom. The van der Waals surface area contributed by atoms with Crippen LogP contribution in [0.1, 0.15) is 0 Å². The molecule has 0 bridgehead atoms. The molecule has 0 aromatic rings. The summed E-state index contributed by atoms with van der Waals surface area (Å²) in [4.78, 5) is 0. The standard InChI is InChI=1S/3BrH.Ni/h3*1H;/q;;;+2/p-3. The van der Waals surface area contributed by atoms with Gasteiger partial charge in [0.2, 0.25) is 0 Å². The number of hydrogen-bond acceptors (Lipinski definition) is 0. The molecule has 0 spiro atoms. The average Bonchev–Trinajstić information content (AvgIpc) is 0.811. The summed E-state index contributed by atoms with van der Waals surface area (Å²) < 4.78 is 0. The fourth-order valence-corrected chi connectivity index (χ4v) is 0. The first-order chi connectivity index (χ1) is 1.73. The molecule has 0 saturated heterocycles. The third-order valence-corrected chi connectivity index (χ3v) is 0. The summed E-state index contributed by atoms with van der Waals surface area (Å²) in [6.45, 7) is 0. The van der Waals surface area contributed by atoms with Crippen LogP contribution in [0.4, 0.5) is 0 Å². The van der Waals surface area contributed by atoms with Gasteiger partial charge in [-0.2, -0.15) is 0 Å². The van der Waals surface area contributed by atoms with Crippen molar-refractivity contribution in [3.63, 3.8) is 0 Å². The molecule has 32 valence electrons. The topological polar surface area (TPSA) is 0 Å². The van der Waals surface area contributed by atoms with Crippen LogP contribution in [0.2, 0.25) is 0 Å². The van der Waals surface area contributed by atoms with Crippen molar-refractivity contribution in [3.05, 3.63) is 0 Å². The Balaban J connectivity index is 2.32. The first kappa shape index (κ1) is 5.93. The molecule has 0 saturated carbocycles. The first-order valence-corrected chi connectivity index (χ1v) is 7.68. The van der Waals surface area contributed by atoms with Crippen LogP contribution in [0.15, 0.2) is 0 Å². The third kappa shape index (κ3) is 9.05. The fraction of sp³-hybridized carbons (Fsp3) is 0. The molecule has 0 fully saturated rings. The zero-order chi connectivity index (χ0) is 3.58. The van der Waals surface area contributed by atoms with Gasteiger partial charge in [0, 0.05) is 0 Å². The van der Waals surface area contributed by atoms with Gasteiger partial charge in [0.15, 0.2) is 0 Å². The Labute approximate surface area is 50.3 Å². The van der Waals surface area contributed by atoms with E-state index in [4.69, 9.17) is 0 Å². The van der Waals surface area contributed by atoms with Crippen molar-refractivity contribution in [2.24, 2.45) is 0 Å². The summed E-state index contributed by atoms with van der Waals surface area (Å²) in [7, 11) is -0.0208. The molecule has 0 atom stereocenters. The normalized spacial score (nSPS) is 11.2. The molecule has 0 unspecified atom stereocenters. The van der Waals surface area contributed by atoms with E-state index in [1.807, 2.05) is 0 Å². The average molecular weight is 298 g/mol. The maximum atomic E-state index is 3.15. The Bertz CT molecular complexity index is 8.00. The Hall–Kier alpha value is 1.93. The van der Waals surface area contributed by atoms with Crippen LogP contribution in [0.3, 0.4) is 0 Å². The summed E-state index contributed by atoms with van der Waals surface area (Å²) >= 11 is 9.44. The van der Waals surface area contributed by atoms with Gasteiger partial charge < -0.3 is 0 Å². The van der Waals surface area contributed by atoms with E-state index in [9.17, 15) is 0 Å². The van der Waals surface area contributed by atoms with Crippen LogP contribution >= 0.6 is 42.7 Å². The van der Waals surface area contributed by atoms with E-state index < -0.39 is 0 Å². The maximum absolute atomic E-state index is 3.15. The van der Waals surface area contributed by atoms with Crippen LogP contribution in [-0.4, -0.2) is 0 Å². The summed E-state index contributed by atoms with van der Waals surface area (Å²) in [6, 6.07) is 0. The van der Waals surface area contributed by atoms with Crippen molar-refractivity contribution in [1.29, 1.82) is 0 Å². The first-order valence-electron chi connectivity index (χ1n) is 0.359. The molecule has 0 radical (unpaired) electrons. The van der Waals surface area contributed by atoms with Gasteiger partial charge in [0.05, 0.1) is 0 Å². The number of rotatable bonds is 0. The van der Waals surface area contributed by atoms with Crippen molar-refractivity contribution in [1.82, 2.24) is 0 Å². The summed E-state index contributed by atoms with van der Waals surface area (Å²) in [5.41, 5.74) is 0. The van der Waals surface area contributed by atoms with E-state index in [1.165, 1.54) is 0 Å². The summed E-state index contributed by atoms with van der Waals surface area (Å²) in [6.07, 6.45) is 0. The third-order valence-electron chi connectivity index (χ3n) is 0. The van der Waals surface area contributed by atoms with Crippen molar-refractivity contribution >= 4 is 42.7 Å². The molecular weight excluding hydrogens is 298 g/mol. The molecule has 0 aromatic carbocycles. The zero-order valence-corrected chi connectivity index (χ0v) is 7.20. The predicted molar refractivity (Wildman–Crippen MR) is 26.8 cm³/mol. The van der Waals surface area contributed by atoms with Gasteiger partial charge in [-0.05, 0) is 0 Å². The molecule has 0 aliphatic heterocycles. The van der Waals surface area contributed by atoms with Crippen molar-refractivity contribution in [2.45, 2.75) is 0 Å².